The highest BCUT2D eigenvalue weighted by molar-refractivity contribution is 5.53. The summed E-state index contributed by atoms with van der Waals surface area (Å²) < 4.78 is 0. The van der Waals surface area contributed by atoms with Gasteiger partial charge in [0, 0.05) is 25.7 Å². The molecule has 16 heavy (non-hydrogen) atoms. The smallest absolute Gasteiger partial charge is 0.225 e. The molecule has 1 fully saturated rings. The Morgan fingerprint density at radius 2 is 2.25 bits per heavy atom. The van der Waals surface area contributed by atoms with Crippen LogP contribution in [-0.4, -0.2) is 29.3 Å². The molecule has 4 heteroatoms. The summed E-state index contributed by atoms with van der Waals surface area (Å²) >= 11 is 0. The second kappa shape index (κ2) is 5.05. The minimum Gasteiger partial charge on any atom is -0.341 e. The van der Waals surface area contributed by atoms with E-state index < -0.39 is 0 Å². The Labute approximate surface area is 95.7 Å². The number of aldehydes is 1. The average Bonchev–Trinajstić information content (AvgIpc) is 2.31. The maximum absolute atomic E-state index is 10.4. The molecule has 0 aromatic carbocycles. The monoisotopic (exact) mass is 219 g/mol. The van der Waals surface area contributed by atoms with E-state index in [1.807, 2.05) is 0 Å². The van der Waals surface area contributed by atoms with Crippen LogP contribution >= 0.6 is 0 Å². The van der Waals surface area contributed by atoms with E-state index in [1.54, 1.807) is 12.3 Å². The van der Waals surface area contributed by atoms with Crippen LogP contribution < -0.4 is 4.90 Å². The Morgan fingerprint density at radius 3 is 2.94 bits per heavy atom. The minimum absolute atomic E-state index is 0.375. The van der Waals surface area contributed by atoms with Crippen LogP contribution in [0.3, 0.4) is 0 Å². The van der Waals surface area contributed by atoms with Crippen molar-refractivity contribution in [1.82, 2.24) is 9.97 Å². The van der Waals surface area contributed by atoms with E-state index in [4.69, 9.17) is 0 Å². The molecule has 0 aliphatic carbocycles. The summed E-state index contributed by atoms with van der Waals surface area (Å²) in [6.07, 6.45) is 5.38. The molecule has 0 radical (unpaired) electrons. The molecule has 1 aromatic rings. The van der Waals surface area contributed by atoms with Crippen molar-refractivity contribution in [1.29, 1.82) is 0 Å². The summed E-state index contributed by atoms with van der Waals surface area (Å²) in [6.45, 7) is 4.32. The van der Waals surface area contributed by atoms with Gasteiger partial charge in [0.25, 0.3) is 0 Å². The summed E-state index contributed by atoms with van der Waals surface area (Å²) in [5.74, 6) is 1.57. The number of hydrogen-bond acceptors (Lipinski definition) is 4. The summed E-state index contributed by atoms with van der Waals surface area (Å²) in [7, 11) is 0. The van der Waals surface area contributed by atoms with E-state index in [-0.39, 0.29) is 0 Å². The SMILES string of the molecule is CC1CCN(c2nccc(CC=O)n2)CC1. The predicted molar refractivity (Wildman–Crippen MR) is 62.4 cm³/mol. The van der Waals surface area contributed by atoms with E-state index >= 15 is 0 Å². The lowest BCUT2D eigenvalue weighted by atomic mass is 10.00. The fraction of sp³-hybridized carbons (Fsp3) is 0.583. The van der Waals surface area contributed by atoms with E-state index in [2.05, 4.69) is 21.8 Å². The highest BCUT2D eigenvalue weighted by atomic mass is 16.1. The summed E-state index contributed by atoms with van der Waals surface area (Å²) in [5.41, 5.74) is 0.804. The zero-order chi connectivity index (χ0) is 11.4. The van der Waals surface area contributed by atoms with Crippen LogP contribution in [0.25, 0.3) is 0 Å². The fourth-order valence-corrected chi connectivity index (χ4v) is 1.94. The maximum atomic E-state index is 10.4. The van der Waals surface area contributed by atoms with Crippen LogP contribution in [0.5, 0.6) is 0 Å². The van der Waals surface area contributed by atoms with Gasteiger partial charge < -0.3 is 9.69 Å². The van der Waals surface area contributed by atoms with Crippen molar-refractivity contribution >= 4 is 12.2 Å². The molecule has 0 spiro atoms. The lowest BCUT2D eigenvalue weighted by Crippen LogP contribution is -2.34. The average molecular weight is 219 g/mol. The second-order valence-corrected chi connectivity index (χ2v) is 4.39. The highest BCUT2D eigenvalue weighted by Gasteiger charge is 2.17. The summed E-state index contributed by atoms with van der Waals surface area (Å²) in [6, 6.07) is 1.80. The second-order valence-electron chi connectivity index (χ2n) is 4.39. The molecular weight excluding hydrogens is 202 g/mol. The Bertz CT molecular complexity index is 359. The van der Waals surface area contributed by atoms with Crippen LogP contribution in [-0.2, 0) is 11.2 Å². The molecule has 4 nitrogen and oxygen atoms in total. The molecule has 2 rings (SSSR count). The summed E-state index contributed by atoms with van der Waals surface area (Å²) in [5, 5.41) is 0. The topological polar surface area (TPSA) is 46.1 Å². The van der Waals surface area contributed by atoms with Crippen molar-refractivity contribution in [2.75, 3.05) is 18.0 Å². The quantitative estimate of drug-likeness (QED) is 0.722. The Kier molecular flexibility index (Phi) is 3.49. The first-order valence-corrected chi connectivity index (χ1v) is 5.80. The van der Waals surface area contributed by atoms with Crippen molar-refractivity contribution < 1.29 is 4.79 Å². The van der Waals surface area contributed by atoms with Gasteiger partial charge in [-0.3, -0.25) is 0 Å². The summed E-state index contributed by atoms with van der Waals surface area (Å²) in [4.78, 5) is 21.3. The molecule has 86 valence electrons. The first-order valence-electron chi connectivity index (χ1n) is 5.80. The number of nitrogens with zero attached hydrogens (tertiary/aromatic N) is 3. The van der Waals surface area contributed by atoms with E-state index in [0.717, 1.165) is 36.9 Å². The molecule has 0 unspecified atom stereocenters. The molecule has 1 aliphatic rings. The zero-order valence-corrected chi connectivity index (χ0v) is 9.59. The van der Waals surface area contributed by atoms with E-state index in [1.165, 1.54) is 12.8 Å². The van der Waals surface area contributed by atoms with Gasteiger partial charge in [0.15, 0.2) is 0 Å². The Balaban J connectivity index is 2.08. The Morgan fingerprint density at radius 1 is 1.50 bits per heavy atom. The van der Waals surface area contributed by atoms with Gasteiger partial charge in [-0.25, -0.2) is 9.97 Å². The predicted octanol–water partition coefficient (Wildman–Crippen LogP) is 1.45. The van der Waals surface area contributed by atoms with E-state index in [0.29, 0.717) is 6.42 Å². The lowest BCUT2D eigenvalue weighted by Gasteiger charge is -2.30. The van der Waals surface area contributed by atoms with Crippen LogP contribution in [0.4, 0.5) is 5.95 Å². The molecule has 1 saturated heterocycles. The number of piperidine rings is 1. The molecule has 0 amide bonds. The van der Waals surface area contributed by atoms with Crippen LogP contribution in [0, 0.1) is 5.92 Å². The third kappa shape index (κ3) is 2.56. The number of rotatable bonds is 3. The van der Waals surface area contributed by atoms with Crippen LogP contribution in [0.1, 0.15) is 25.5 Å². The molecule has 1 aromatic heterocycles. The number of carbonyl (C=O) groups is 1. The normalized spacial score (nSPS) is 17.4. The van der Waals surface area contributed by atoms with Crippen molar-refractivity contribution in [2.24, 2.45) is 5.92 Å². The minimum atomic E-state index is 0.375. The molecule has 0 bridgehead atoms. The van der Waals surface area contributed by atoms with Crippen LogP contribution in [0.15, 0.2) is 12.3 Å². The van der Waals surface area contributed by atoms with Gasteiger partial charge in [-0.1, -0.05) is 6.92 Å². The van der Waals surface area contributed by atoms with Crippen molar-refractivity contribution in [3.05, 3.63) is 18.0 Å². The molecule has 0 saturated carbocycles. The molecule has 0 atom stereocenters. The van der Waals surface area contributed by atoms with E-state index in [9.17, 15) is 4.79 Å². The highest BCUT2D eigenvalue weighted by Crippen LogP contribution is 2.19. The van der Waals surface area contributed by atoms with Gasteiger partial charge in [-0.2, -0.15) is 0 Å². The van der Waals surface area contributed by atoms with Gasteiger partial charge in [0.2, 0.25) is 5.95 Å². The molecule has 2 heterocycles. The number of anilines is 1. The van der Waals surface area contributed by atoms with Gasteiger partial charge in [-0.05, 0) is 24.8 Å². The van der Waals surface area contributed by atoms with Crippen molar-refractivity contribution in [3.63, 3.8) is 0 Å². The third-order valence-corrected chi connectivity index (χ3v) is 3.06. The maximum Gasteiger partial charge on any atom is 0.225 e. The van der Waals surface area contributed by atoms with Crippen LogP contribution in [0.2, 0.25) is 0 Å². The molecule has 1 aliphatic heterocycles. The van der Waals surface area contributed by atoms with Crippen molar-refractivity contribution in [3.8, 4) is 0 Å². The standard InChI is InChI=1S/C12H17N3O/c1-10-3-7-15(8-4-10)12-13-6-2-11(14-12)5-9-16/h2,6,9-10H,3-5,7-8H2,1H3. The van der Waals surface area contributed by atoms with Gasteiger partial charge in [0.05, 0.1) is 5.69 Å². The molecule has 0 N–H and O–H groups in total. The Hall–Kier alpha value is -1.45. The lowest BCUT2D eigenvalue weighted by molar-refractivity contribution is -0.107. The largest absolute Gasteiger partial charge is 0.341 e. The first kappa shape index (κ1) is 11.0. The van der Waals surface area contributed by atoms with Crippen molar-refractivity contribution in [2.45, 2.75) is 26.2 Å². The fourth-order valence-electron chi connectivity index (χ4n) is 1.94. The number of aromatic nitrogens is 2. The van der Waals surface area contributed by atoms with Gasteiger partial charge >= 0.3 is 0 Å². The molecular formula is C12H17N3O. The first-order chi connectivity index (χ1) is 7.79. The number of hydrogen-bond donors (Lipinski definition) is 0. The number of carbonyl (C=O) groups excluding carboxylic acids is 1. The third-order valence-electron chi connectivity index (χ3n) is 3.06. The zero-order valence-electron chi connectivity index (χ0n) is 9.59. The van der Waals surface area contributed by atoms with Gasteiger partial charge in [-0.15, -0.1) is 0 Å². The van der Waals surface area contributed by atoms with Gasteiger partial charge in [0.1, 0.15) is 6.29 Å².